The molecule has 0 fully saturated rings. The van der Waals surface area contributed by atoms with E-state index in [1.165, 1.54) is 5.69 Å². The van der Waals surface area contributed by atoms with Crippen LogP contribution < -0.4 is 5.32 Å². The molecule has 0 atom stereocenters. The topological polar surface area (TPSA) is 60.6 Å². The highest BCUT2D eigenvalue weighted by molar-refractivity contribution is 5.87. The van der Waals surface area contributed by atoms with Gasteiger partial charge in [0.15, 0.2) is 5.82 Å². The smallest absolute Gasteiger partial charge is 0.154 e. The number of nitrogens with zero attached hydrogens (tertiary/aromatic N) is 5. The fraction of sp³-hybridized carbons (Fsp3) is 0.357. The summed E-state index contributed by atoms with van der Waals surface area (Å²) >= 11 is 0. The number of aromatic nitrogens is 5. The molecule has 3 rings (SSSR count). The molecule has 0 unspecified atom stereocenters. The third-order valence-electron chi connectivity index (χ3n) is 3.53. The lowest BCUT2D eigenvalue weighted by Crippen LogP contribution is -2.12. The molecule has 0 saturated heterocycles. The molecule has 0 aliphatic rings. The molecule has 3 aromatic heterocycles. The lowest BCUT2D eigenvalue weighted by Gasteiger charge is -2.08. The number of anilines is 1. The highest BCUT2D eigenvalue weighted by atomic mass is 15.3. The van der Waals surface area contributed by atoms with E-state index in [0.717, 1.165) is 35.5 Å². The van der Waals surface area contributed by atoms with E-state index in [4.69, 9.17) is 0 Å². The maximum Gasteiger partial charge on any atom is 0.154 e. The molecule has 0 spiro atoms. The van der Waals surface area contributed by atoms with Crippen molar-refractivity contribution in [3.63, 3.8) is 0 Å². The molecule has 0 aliphatic heterocycles. The Bertz CT molecular complexity index is 739. The van der Waals surface area contributed by atoms with E-state index in [2.05, 4.69) is 31.9 Å². The maximum atomic E-state index is 4.43. The predicted octanol–water partition coefficient (Wildman–Crippen LogP) is 1.89. The zero-order valence-corrected chi connectivity index (χ0v) is 12.0. The highest BCUT2D eigenvalue weighted by Crippen LogP contribution is 2.18. The van der Waals surface area contributed by atoms with E-state index in [9.17, 15) is 0 Å². The Kier molecular flexibility index (Phi) is 3.14. The van der Waals surface area contributed by atoms with Crippen LogP contribution in [0, 0.1) is 13.8 Å². The minimum Gasteiger partial charge on any atom is -0.366 e. The maximum absolute atomic E-state index is 4.43. The van der Waals surface area contributed by atoms with Gasteiger partial charge in [0.05, 0.1) is 12.0 Å². The van der Waals surface area contributed by atoms with Crippen molar-refractivity contribution in [2.75, 3.05) is 11.9 Å². The molecule has 20 heavy (non-hydrogen) atoms. The van der Waals surface area contributed by atoms with Crippen LogP contribution in [-0.2, 0) is 13.6 Å². The molecule has 0 amide bonds. The lowest BCUT2D eigenvalue weighted by molar-refractivity contribution is 0.704. The molecular formula is C14H18N6. The van der Waals surface area contributed by atoms with Crippen LogP contribution in [0.3, 0.4) is 0 Å². The Morgan fingerprint density at radius 2 is 2.10 bits per heavy atom. The van der Waals surface area contributed by atoms with Crippen molar-refractivity contribution >= 4 is 16.7 Å². The third-order valence-corrected chi connectivity index (χ3v) is 3.53. The summed E-state index contributed by atoms with van der Waals surface area (Å²) in [5.41, 5.74) is 3.19. The molecule has 0 radical (unpaired) electrons. The molecule has 0 bridgehead atoms. The van der Waals surface area contributed by atoms with Crippen LogP contribution in [0.25, 0.3) is 10.9 Å². The highest BCUT2D eigenvalue weighted by Gasteiger charge is 2.06. The van der Waals surface area contributed by atoms with Crippen molar-refractivity contribution in [3.8, 4) is 0 Å². The van der Waals surface area contributed by atoms with E-state index in [0.29, 0.717) is 0 Å². The molecule has 0 aromatic carbocycles. The van der Waals surface area contributed by atoms with E-state index in [-0.39, 0.29) is 0 Å². The summed E-state index contributed by atoms with van der Waals surface area (Å²) in [7, 11) is 1.92. The zero-order valence-electron chi connectivity index (χ0n) is 12.0. The van der Waals surface area contributed by atoms with Crippen LogP contribution >= 0.6 is 0 Å². The largest absolute Gasteiger partial charge is 0.366 e. The Morgan fingerprint density at radius 3 is 2.85 bits per heavy atom. The van der Waals surface area contributed by atoms with Crippen molar-refractivity contribution in [3.05, 3.63) is 36.2 Å². The van der Waals surface area contributed by atoms with Gasteiger partial charge in [-0.05, 0) is 19.9 Å². The van der Waals surface area contributed by atoms with Gasteiger partial charge in [-0.3, -0.25) is 4.68 Å². The van der Waals surface area contributed by atoms with Crippen molar-refractivity contribution < 1.29 is 0 Å². The summed E-state index contributed by atoms with van der Waals surface area (Å²) in [4.78, 5) is 8.67. The van der Waals surface area contributed by atoms with Gasteiger partial charge in [0.25, 0.3) is 0 Å². The zero-order chi connectivity index (χ0) is 14.1. The van der Waals surface area contributed by atoms with Crippen molar-refractivity contribution in [1.29, 1.82) is 0 Å². The average molecular weight is 270 g/mol. The van der Waals surface area contributed by atoms with Crippen molar-refractivity contribution in [2.24, 2.45) is 7.05 Å². The number of hydrogen-bond acceptors (Lipinski definition) is 4. The molecule has 3 aromatic rings. The van der Waals surface area contributed by atoms with Gasteiger partial charge in [0, 0.05) is 43.6 Å². The summed E-state index contributed by atoms with van der Waals surface area (Å²) in [5, 5.41) is 8.88. The van der Waals surface area contributed by atoms with E-state index >= 15 is 0 Å². The average Bonchev–Trinajstić information content (AvgIpc) is 2.95. The standard InChI is InChI=1S/C14H18N6/c1-10-11(2)20(9-17-10)7-6-16-14-13-12(4-5-15-14)8-19(3)18-13/h4-5,8-9H,6-7H2,1-3H3,(H,15,16). The molecule has 6 nitrogen and oxygen atoms in total. The quantitative estimate of drug-likeness (QED) is 0.786. The van der Waals surface area contributed by atoms with Gasteiger partial charge >= 0.3 is 0 Å². The first-order valence-electron chi connectivity index (χ1n) is 6.65. The number of rotatable bonds is 4. The fourth-order valence-corrected chi connectivity index (χ4v) is 2.26. The second kappa shape index (κ2) is 4.96. The van der Waals surface area contributed by atoms with Crippen LogP contribution in [0.5, 0.6) is 0 Å². The normalized spacial score (nSPS) is 11.2. The van der Waals surface area contributed by atoms with Gasteiger partial charge in [0.1, 0.15) is 5.52 Å². The monoisotopic (exact) mass is 270 g/mol. The second-order valence-electron chi connectivity index (χ2n) is 4.94. The lowest BCUT2D eigenvalue weighted by atomic mass is 10.3. The van der Waals surface area contributed by atoms with E-state index in [1.807, 2.05) is 32.6 Å². The molecular weight excluding hydrogens is 252 g/mol. The fourth-order valence-electron chi connectivity index (χ4n) is 2.26. The number of fused-ring (bicyclic) bond motifs is 1. The van der Waals surface area contributed by atoms with E-state index in [1.54, 1.807) is 10.9 Å². The number of hydrogen-bond donors (Lipinski definition) is 1. The van der Waals surface area contributed by atoms with Crippen molar-refractivity contribution in [1.82, 2.24) is 24.3 Å². The minimum atomic E-state index is 0.791. The molecule has 6 heteroatoms. The minimum absolute atomic E-state index is 0.791. The van der Waals surface area contributed by atoms with Gasteiger partial charge in [-0.1, -0.05) is 0 Å². The Labute approximate surface area is 117 Å². The summed E-state index contributed by atoms with van der Waals surface area (Å²) in [5.74, 6) is 0.831. The number of imidazole rings is 1. The van der Waals surface area contributed by atoms with Crippen molar-refractivity contribution in [2.45, 2.75) is 20.4 Å². The first kappa shape index (κ1) is 12.7. The van der Waals surface area contributed by atoms with Gasteiger partial charge in [-0.25, -0.2) is 9.97 Å². The SMILES string of the molecule is Cc1ncn(CCNc2nccc3cn(C)nc23)c1C. The summed E-state index contributed by atoms with van der Waals surface area (Å²) in [6, 6.07) is 1.97. The molecule has 104 valence electrons. The number of aryl methyl sites for hydroxylation is 2. The van der Waals surface area contributed by atoms with Crippen LogP contribution in [0.1, 0.15) is 11.4 Å². The number of nitrogens with one attached hydrogen (secondary N) is 1. The Balaban J connectivity index is 1.72. The van der Waals surface area contributed by atoms with Gasteiger partial charge < -0.3 is 9.88 Å². The summed E-state index contributed by atoms with van der Waals surface area (Å²) in [6.07, 6.45) is 5.67. The van der Waals surface area contributed by atoms with E-state index < -0.39 is 0 Å². The molecule has 3 heterocycles. The third kappa shape index (κ3) is 2.24. The molecule has 0 saturated carbocycles. The Hall–Kier alpha value is -2.37. The van der Waals surface area contributed by atoms with Crippen LogP contribution in [0.2, 0.25) is 0 Å². The summed E-state index contributed by atoms with van der Waals surface area (Å²) < 4.78 is 3.95. The van der Waals surface area contributed by atoms with Crippen LogP contribution in [-0.4, -0.2) is 30.9 Å². The summed E-state index contributed by atoms with van der Waals surface area (Å²) in [6.45, 7) is 5.76. The van der Waals surface area contributed by atoms with Crippen LogP contribution in [0.4, 0.5) is 5.82 Å². The molecule has 1 N–H and O–H groups in total. The first-order valence-corrected chi connectivity index (χ1v) is 6.65. The van der Waals surface area contributed by atoms with Gasteiger partial charge in [-0.2, -0.15) is 5.10 Å². The van der Waals surface area contributed by atoms with Crippen LogP contribution in [0.15, 0.2) is 24.8 Å². The van der Waals surface area contributed by atoms with Gasteiger partial charge in [-0.15, -0.1) is 0 Å². The second-order valence-corrected chi connectivity index (χ2v) is 4.94. The number of pyridine rings is 1. The predicted molar refractivity (Wildman–Crippen MR) is 78.7 cm³/mol. The Morgan fingerprint density at radius 1 is 1.25 bits per heavy atom. The first-order chi connectivity index (χ1) is 9.65. The molecule has 0 aliphatic carbocycles. The van der Waals surface area contributed by atoms with Gasteiger partial charge in [0.2, 0.25) is 0 Å².